The number of benzene rings is 2. The second-order valence-electron chi connectivity index (χ2n) is 9.41. The number of epoxide rings is 1. The first-order valence-corrected chi connectivity index (χ1v) is 13.1. The summed E-state index contributed by atoms with van der Waals surface area (Å²) < 4.78 is 15.4. The van der Waals surface area contributed by atoms with Gasteiger partial charge in [-0.15, -0.1) is 0 Å². The summed E-state index contributed by atoms with van der Waals surface area (Å²) in [6.45, 7) is 2.06. The second-order valence-corrected chi connectivity index (χ2v) is 9.41. The Hall–Kier alpha value is -4.98. The minimum Gasteiger partial charge on any atom is -0.463 e. The van der Waals surface area contributed by atoms with Crippen molar-refractivity contribution in [1.29, 1.82) is 0 Å². The quantitative estimate of drug-likeness (QED) is 0.139. The average Bonchev–Trinajstić information content (AvgIpc) is 3.77. The van der Waals surface area contributed by atoms with Gasteiger partial charge in [0, 0.05) is 6.42 Å². The highest BCUT2D eigenvalue weighted by atomic mass is 16.6. The van der Waals surface area contributed by atoms with E-state index in [9.17, 15) is 28.8 Å². The maximum absolute atomic E-state index is 12.8. The van der Waals surface area contributed by atoms with E-state index in [1.54, 1.807) is 24.3 Å². The van der Waals surface area contributed by atoms with Gasteiger partial charge in [-0.05, 0) is 25.0 Å². The van der Waals surface area contributed by atoms with Crippen LogP contribution in [0.2, 0.25) is 0 Å². The Bertz CT molecular complexity index is 1280. The summed E-state index contributed by atoms with van der Waals surface area (Å²) in [5, 5.41) is 5.34. The molecule has 2 aromatic carbocycles. The van der Waals surface area contributed by atoms with E-state index in [-0.39, 0.29) is 13.2 Å². The van der Waals surface area contributed by atoms with Crippen LogP contribution < -0.4 is 21.8 Å². The maximum Gasteiger partial charge on any atom is 0.408 e. The fourth-order valence-electron chi connectivity index (χ4n) is 3.60. The van der Waals surface area contributed by atoms with Gasteiger partial charge in [-0.2, -0.15) is 0 Å². The Labute approximate surface area is 241 Å². The van der Waals surface area contributed by atoms with Crippen LogP contribution in [0.1, 0.15) is 25.0 Å². The number of hydrazine groups is 1. The molecule has 1 saturated heterocycles. The van der Waals surface area contributed by atoms with Crippen molar-refractivity contribution in [2.24, 2.45) is 5.73 Å². The number of carbonyl (C=O) groups is 6. The number of ether oxygens (including phenoxy) is 3. The summed E-state index contributed by atoms with van der Waals surface area (Å²) in [5.41, 5.74) is 9.13. The lowest BCUT2D eigenvalue weighted by atomic mass is 10.2. The van der Waals surface area contributed by atoms with Gasteiger partial charge in [0.25, 0.3) is 11.8 Å². The lowest BCUT2D eigenvalue weighted by molar-refractivity contribution is -0.146. The number of nitrogens with zero attached hydrogens (tertiary/aromatic N) is 1. The molecular formula is C28H33N5O9. The van der Waals surface area contributed by atoms with Gasteiger partial charge in [0.1, 0.15) is 25.2 Å². The Balaban J connectivity index is 1.44. The van der Waals surface area contributed by atoms with Crippen LogP contribution >= 0.6 is 0 Å². The molecule has 0 aliphatic carbocycles. The monoisotopic (exact) mass is 583 g/mol. The number of hydrogen-bond donors (Lipinski definition) is 4. The van der Waals surface area contributed by atoms with Crippen LogP contribution in [0.15, 0.2) is 60.7 Å². The van der Waals surface area contributed by atoms with E-state index in [2.05, 4.69) is 16.1 Å². The van der Waals surface area contributed by atoms with Crippen molar-refractivity contribution in [3.05, 3.63) is 71.8 Å². The molecule has 0 radical (unpaired) electrons. The van der Waals surface area contributed by atoms with E-state index < -0.39 is 66.5 Å². The molecule has 0 aromatic heterocycles. The number of alkyl carbamates (subject to hydrolysis) is 1. The standard InChI is InChI=1S/C28H33N5O9/c1-17(31-28(39)41-16-20-11-7-4-8-12-20)24(35)30-18(2)25(36)32-33(15-21(29)34)26(37)22-23(42-22)27(38)40-14-13-19-9-5-3-6-10-19/h3-12,17-18,22-23H,13-16H2,1-2H3,(H2,29,34)(H,30,35)(H,31,39)(H,32,36)/t17-,18-,22?,23?/m0/s1. The topological polar surface area (TPSA) is 199 Å². The SMILES string of the molecule is C[C@H](NC(=O)OCc1ccccc1)C(=O)N[C@@H](C)C(=O)NN(CC(N)=O)C(=O)C1OC1C(=O)OCCc1ccccc1. The minimum absolute atomic E-state index is 0.000518. The van der Waals surface area contributed by atoms with E-state index in [0.29, 0.717) is 11.4 Å². The highest BCUT2D eigenvalue weighted by molar-refractivity contribution is 5.96. The summed E-state index contributed by atoms with van der Waals surface area (Å²) in [6.07, 6.45) is -2.86. The normalized spacial score (nSPS) is 16.6. The highest BCUT2D eigenvalue weighted by Gasteiger charge is 2.53. The van der Waals surface area contributed by atoms with Gasteiger partial charge < -0.3 is 30.6 Å². The fourth-order valence-corrected chi connectivity index (χ4v) is 3.60. The number of rotatable bonds is 13. The van der Waals surface area contributed by atoms with Gasteiger partial charge in [0.2, 0.25) is 11.8 Å². The van der Waals surface area contributed by atoms with Gasteiger partial charge in [0.05, 0.1) is 6.61 Å². The Morgan fingerprint density at radius 3 is 2.05 bits per heavy atom. The van der Waals surface area contributed by atoms with Gasteiger partial charge in [-0.25, -0.2) is 14.6 Å². The molecule has 1 fully saturated rings. The average molecular weight is 584 g/mol. The van der Waals surface area contributed by atoms with Crippen LogP contribution in [0.4, 0.5) is 4.79 Å². The van der Waals surface area contributed by atoms with Crippen LogP contribution in [-0.2, 0) is 51.2 Å². The largest absolute Gasteiger partial charge is 0.463 e. The van der Waals surface area contributed by atoms with E-state index >= 15 is 0 Å². The molecule has 0 spiro atoms. The molecular weight excluding hydrogens is 550 g/mol. The number of nitrogens with two attached hydrogens (primary N) is 1. The predicted molar refractivity (Wildman–Crippen MR) is 146 cm³/mol. The number of amides is 5. The fraction of sp³-hybridized carbons (Fsp3) is 0.357. The van der Waals surface area contributed by atoms with Crippen molar-refractivity contribution in [2.45, 2.75) is 51.2 Å². The molecule has 5 N–H and O–H groups in total. The molecule has 2 unspecified atom stereocenters. The molecule has 3 rings (SSSR count). The van der Waals surface area contributed by atoms with Gasteiger partial charge in [-0.3, -0.25) is 24.6 Å². The first kappa shape index (κ1) is 31.5. The molecule has 14 nitrogen and oxygen atoms in total. The van der Waals surface area contributed by atoms with E-state index in [1.165, 1.54) is 13.8 Å². The summed E-state index contributed by atoms with van der Waals surface area (Å²) in [7, 11) is 0. The van der Waals surface area contributed by atoms with Gasteiger partial charge in [0.15, 0.2) is 12.2 Å². The molecule has 2 aromatic rings. The van der Waals surface area contributed by atoms with E-state index in [1.807, 2.05) is 36.4 Å². The first-order valence-electron chi connectivity index (χ1n) is 13.1. The van der Waals surface area contributed by atoms with Crippen LogP contribution in [-0.4, -0.2) is 78.1 Å². The molecule has 42 heavy (non-hydrogen) atoms. The summed E-state index contributed by atoms with van der Waals surface area (Å²) in [6, 6.07) is 16.0. The summed E-state index contributed by atoms with van der Waals surface area (Å²) in [4.78, 5) is 73.9. The zero-order valence-corrected chi connectivity index (χ0v) is 23.1. The van der Waals surface area contributed by atoms with Crippen molar-refractivity contribution in [2.75, 3.05) is 13.2 Å². The highest BCUT2D eigenvalue weighted by Crippen LogP contribution is 2.25. The second kappa shape index (κ2) is 15.1. The lowest BCUT2D eigenvalue weighted by Crippen LogP contribution is -2.57. The van der Waals surface area contributed by atoms with Gasteiger partial charge >= 0.3 is 12.1 Å². The Morgan fingerprint density at radius 2 is 1.43 bits per heavy atom. The van der Waals surface area contributed by atoms with Crippen LogP contribution in [0, 0.1) is 0 Å². The van der Waals surface area contributed by atoms with Crippen molar-refractivity contribution in [1.82, 2.24) is 21.1 Å². The van der Waals surface area contributed by atoms with E-state index in [0.717, 1.165) is 11.1 Å². The third kappa shape index (κ3) is 9.89. The van der Waals surface area contributed by atoms with Crippen molar-refractivity contribution in [3.63, 3.8) is 0 Å². The smallest absolute Gasteiger partial charge is 0.408 e. The molecule has 4 atom stereocenters. The third-order valence-corrected chi connectivity index (χ3v) is 5.96. The third-order valence-electron chi connectivity index (χ3n) is 5.96. The maximum atomic E-state index is 12.8. The Morgan fingerprint density at radius 1 is 0.833 bits per heavy atom. The van der Waals surface area contributed by atoms with Crippen molar-refractivity contribution in [3.8, 4) is 0 Å². The predicted octanol–water partition coefficient (Wildman–Crippen LogP) is -0.296. The number of esters is 1. The number of hydrogen-bond acceptors (Lipinski definition) is 9. The van der Waals surface area contributed by atoms with Crippen LogP contribution in [0.3, 0.4) is 0 Å². The molecule has 0 saturated carbocycles. The number of primary amides is 1. The van der Waals surface area contributed by atoms with Crippen molar-refractivity contribution >= 4 is 35.7 Å². The zero-order chi connectivity index (χ0) is 30.6. The molecule has 224 valence electrons. The van der Waals surface area contributed by atoms with Crippen LogP contribution in [0.25, 0.3) is 0 Å². The Kier molecular flexibility index (Phi) is 11.4. The molecule has 5 amide bonds. The lowest BCUT2D eigenvalue weighted by Gasteiger charge is -2.24. The first-order chi connectivity index (χ1) is 20.0. The van der Waals surface area contributed by atoms with Crippen molar-refractivity contribution < 1.29 is 43.0 Å². The minimum atomic E-state index is -1.29. The van der Waals surface area contributed by atoms with E-state index in [4.69, 9.17) is 19.9 Å². The zero-order valence-electron chi connectivity index (χ0n) is 23.1. The summed E-state index contributed by atoms with van der Waals surface area (Å²) >= 11 is 0. The molecule has 0 bridgehead atoms. The van der Waals surface area contributed by atoms with Crippen LogP contribution in [0.5, 0.6) is 0 Å². The van der Waals surface area contributed by atoms with Gasteiger partial charge in [-0.1, -0.05) is 60.7 Å². The number of nitrogens with one attached hydrogen (secondary N) is 3. The molecule has 1 heterocycles. The summed E-state index contributed by atoms with van der Waals surface area (Å²) in [5.74, 6) is -4.21. The molecule has 1 aliphatic rings. The number of carbonyl (C=O) groups excluding carboxylic acids is 6. The molecule has 14 heteroatoms. The molecule has 1 aliphatic heterocycles.